The van der Waals surface area contributed by atoms with E-state index in [1.807, 2.05) is 12.1 Å². The highest BCUT2D eigenvalue weighted by Crippen LogP contribution is 2.12. The van der Waals surface area contributed by atoms with Crippen molar-refractivity contribution in [2.75, 3.05) is 26.9 Å². The number of ether oxygens (including phenoxy) is 2. The predicted molar refractivity (Wildman–Crippen MR) is 75.0 cm³/mol. The topological polar surface area (TPSA) is 30.5 Å². The quantitative estimate of drug-likeness (QED) is 0.648. The van der Waals surface area contributed by atoms with E-state index in [9.17, 15) is 0 Å². The predicted octanol–water partition coefficient (Wildman–Crippen LogP) is 2.99. The van der Waals surface area contributed by atoms with Crippen LogP contribution in [0.4, 0.5) is 0 Å². The molecule has 1 aromatic carbocycles. The van der Waals surface area contributed by atoms with Crippen LogP contribution in [0.3, 0.4) is 0 Å². The van der Waals surface area contributed by atoms with Gasteiger partial charge in [0.05, 0.1) is 6.61 Å². The van der Waals surface area contributed by atoms with Crippen molar-refractivity contribution in [2.45, 2.75) is 32.7 Å². The molecule has 3 nitrogen and oxygen atoms in total. The molecule has 0 radical (unpaired) electrons. The average Bonchev–Trinajstić information content (AvgIpc) is 2.40. The summed E-state index contributed by atoms with van der Waals surface area (Å²) in [5.41, 5.74) is 1.30. The van der Waals surface area contributed by atoms with Crippen molar-refractivity contribution in [3.8, 4) is 5.75 Å². The highest BCUT2D eigenvalue weighted by molar-refractivity contribution is 5.27. The summed E-state index contributed by atoms with van der Waals surface area (Å²) < 4.78 is 10.7. The van der Waals surface area contributed by atoms with E-state index in [-0.39, 0.29) is 0 Å². The normalized spacial score (nSPS) is 10.6. The van der Waals surface area contributed by atoms with Gasteiger partial charge < -0.3 is 14.8 Å². The lowest BCUT2D eigenvalue weighted by molar-refractivity contribution is 0.184. The molecule has 0 bridgehead atoms. The van der Waals surface area contributed by atoms with Gasteiger partial charge in [-0.05, 0) is 43.5 Å². The Morgan fingerprint density at radius 3 is 2.44 bits per heavy atom. The summed E-state index contributed by atoms with van der Waals surface area (Å²) in [6.45, 7) is 5.75. The standard InChI is InChI=1S/C15H25NO2/c1-3-10-16-13-14-6-8-15(9-7-14)18-12-5-4-11-17-2/h6-9,16H,3-5,10-13H2,1-2H3. The zero-order valence-corrected chi connectivity index (χ0v) is 11.6. The first kappa shape index (κ1) is 15.0. The van der Waals surface area contributed by atoms with Crippen molar-refractivity contribution in [1.29, 1.82) is 0 Å². The van der Waals surface area contributed by atoms with E-state index in [1.54, 1.807) is 7.11 Å². The van der Waals surface area contributed by atoms with Gasteiger partial charge in [-0.25, -0.2) is 0 Å². The molecule has 0 spiro atoms. The molecule has 0 atom stereocenters. The summed E-state index contributed by atoms with van der Waals surface area (Å²) in [5.74, 6) is 0.951. The third kappa shape index (κ3) is 6.62. The fourth-order valence-corrected chi connectivity index (χ4v) is 1.65. The van der Waals surface area contributed by atoms with E-state index < -0.39 is 0 Å². The molecule has 3 heteroatoms. The highest BCUT2D eigenvalue weighted by Gasteiger charge is 1.96. The summed E-state index contributed by atoms with van der Waals surface area (Å²) in [5, 5.41) is 3.38. The molecule has 0 heterocycles. The van der Waals surface area contributed by atoms with Gasteiger partial charge in [0.2, 0.25) is 0 Å². The number of methoxy groups -OCH3 is 1. The maximum absolute atomic E-state index is 5.66. The minimum atomic E-state index is 0.761. The van der Waals surface area contributed by atoms with E-state index in [0.29, 0.717) is 0 Å². The summed E-state index contributed by atoms with van der Waals surface area (Å²) >= 11 is 0. The Kier molecular flexibility index (Phi) is 8.26. The Morgan fingerprint density at radius 2 is 1.78 bits per heavy atom. The minimum Gasteiger partial charge on any atom is -0.494 e. The van der Waals surface area contributed by atoms with Gasteiger partial charge in [-0.15, -0.1) is 0 Å². The van der Waals surface area contributed by atoms with Crippen molar-refractivity contribution in [3.05, 3.63) is 29.8 Å². The van der Waals surface area contributed by atoms with E-state index in [0.717, 1.165) is 44.9 Å². The highest BCUT2D eigenvalue weighted by atomic mass is 16.5. The third-order valence-corrected chi connectivity index (χ3v) is 2.69. The Morgan fingerprint density at radius 1 is 1.06 bits per heavy atom. The Hall–Kier alpha value is -1.06. The molecule has 0 aliphatic carbocycles. The Labute approximate surface area is 110 Å². The number of rotatable bonds is 10. The summed E-state index contributed by atoms with van der Waals surface area (Å²) in [7, 11) is 1.73. The molecule has 18 heavy (non-hydrogen) atoms. The molecule has 0 aliphatic rings. The van der Waals surface area contributed by atoms with Crippen LogP contribution in [0.1, 0.15) is 31.7 Å². The van der Waals surface area contributed by atoms with Gasteiger partial charge in [-0.2, -0.15) is 0 Å². The second kappa shape index (κ2) is 9.92. The number of hydrogen-bond acceptors (Lipinski definition) is 3. The van der Waals surface area contributed by atoms with Gasteiger partial charge in [0, 0.05) is 20.3 Å². The van der Waals surface area contributed by atoms with Gasteiger partial charge in [-0.1, -0.05) is 19.1 Å². The number of unbranched alkanes of at least 4 members (excludes halogenated alkanes) is 1. The minimum absolute atomic E-state index is 0.761. The van der Waals surface area contributed by atoms with E-state index in [4.69, 9.17) is 9.47 Å². The maximum atomic E-state index is 5.66. The van der Waals surface area contributed by atoms with E-state index in [1.165, 1.54) is 12.0 Å². The zero-order chi connectivity index (χ0) is 13.1. The van der Waals surface area contributed by atoms with Crippen molar-refractivity contribution in [3.63, 3.8) is 0 Å². The summed E-state index contributed by atoms with van der Waals surface area (Å²) in [6, 6.07) is 8.32. The van der Waals surface area contributed by atoms with Gasteiger partial charge >= 0.3 is 0 Å². The van der Waals surface area contributed by atoms with Crippen LogP contribution in [-0.4, -0.2) is 26.9 Å². The monoisotopic (exact) mass is 251 g/mol. The second-order valence-electron chi connectivity index (χ2n) is 4.37. The lowest BCUT2D eigenvalue weighted by atomic mass is 10.2. The van der Waals surface area contributed by atoms with Crippen molar-refractivity contribution >= 4 is 0 Å². The average molecular weight is 251 g/mol. The second-order valence-corrected chi connectivity index (χ2v) is 4.37. The SMILES string of the molecule is CCCNCc1ccc(OCCCCOC)cc1. The van der Waals surface area contributed by atoms with Crippen LogP contribution in [-0.2, 0) is 11.3 Å². The first-order valence-corrected chi connectivity index (χ1v) is 6.78. The van der Waals surface area contributed by atoms with Gasteiger partial charge in [0.15, 0.2) is 0 Å². The Balaban J connectivity index is 2.19. The van der Waals surface area contributed by atoms with Gasteiger partial charge in [-0.3, -0.25) is 0 Å². The van der Waals surface area contributed by atoms with Crippen molar-refractivity contribution < 1.29 is 9.47 Å². The van der Waals surface area contributed by atoms with Gasteiger partial charge in [0.1, 0.15) is 5.75 Å². The van der Waals surface area contributed by atoms with E-state index in [2.05, 4.69) is 24.4 Å². The molecule has 0 amide bonds. The first-order chi connectivity index (χ1) is 8.86. The maximum Gasteiger partial charge on any atom is 0.119 e. The summed E-state index contributed by atoms with van der Waals surface area (Å²) in [6.07, 6.45) is 3.26. The van der Waals surface area contributed by atoms with Crippen molar-refractivity contribution in [1.82, 2.24) is 5.32 Å². The van der Waals surface area contributed by atoms with Crippen LogP contribution in [0.2, 0.25) is 0 Å². The first-order valence-electron chi connectivity index (χ1n) is 6.78. The van der Waals surface area contributed by atoms with Crippen LogP contribution in [0, 0.1) is 0 Å². The molecule has 0 fully saturated rings. The molecular formula is C15H25NO2. The largest absolute Gasteiger partial charge is 0.494 e. The molecule has 1 rings (SSSR count). The summed E-state index contributed by atoms with van der Waals surface area (Å²) in [4.78, 5) is 0. The van der Waals surface area contributed by atoms with Crippen LogP contribution < -0.4 is 10.1 Å². The molecule has 0 saturated carbocycles. The molecule has 0 saturated heterocycles. The lowest BCUT2D eigenvalue weighted by Gasteiger charge is -2.07. The lowest BCUT2D eigenvalue weighted by Crippen LogP contribution is -2.13. The number of hydrogen-bond donors (Lipinski definition) is 1. The molecule has 102 valence electrons. The van der Waals surface area contributed by atoms with Crippen LogP contribution in [0.15, 0.2) is 24.3 Å². The fourth-order valence-electron chi connectivity index (χ4n) is 1.65. The zero-order valence-electron chi connectivity index (χ0n) is 11.6. The van der Waals surface area contributed by atoms with Crippen LogP contribution >= 0.6 is 0 Å². The Bertz CT molecular complexity index is 298. The molecule has 0 unspecified atom stereocenters. The van der Waals surface area contributed by atoms with Gasteiger partial charge in [0.25, 0.3) is 0 Å². The molecule has 1 aromatic rings. The number of benzene rings is 1. The van der Waals surface area contributed by atoms with Crippen LogP contribution in [0.5, 0.6) is 5.75 Å². The molecule has 0 aliphatic heterocycles. The smallest absolute Gasteiger partial charge is 0.119 e. The van der Waals surface area contributed by atoms with Crippen molar-refractivity contribution in [2.24, 2.45) is 0 Å². The molecular weight excluding hydrogens is 226 g/mol. The molecule has 1 N–H and O–H groups in total. The molecule has 0 aromatic heterocycles. The fraction of sp³-hybridized carbons (Fsp3) is 0.600. The van der Waals surface area contributed by atoms with Crippen LogP contribution in [0.25, 0.3) is 0 Å². The van der Waals surface area contributed by atoms with E-state index >= 15 is 0 Å². The number of nitrogens with one attached hydrogen (secondary N) is 1. The third-order valence-electron chi connectivity index (χ3n) is 2.69.